The summed E-state index contributed by atoms with van der Waals surface area (Å²) in [4.78, 5) is 26.1. The van der Waals surface area contributed by atoms with Gasteiger partial charge in [0.25, 0.3) is 0 Å². The molecule has 0 bridgehead atoms. The van der Waals surface area contributed by atoms with Crippen LogP contribution in [-0.2, 0) is 14.3 Å². The molecule has 0 aliphatic rings. The molecule has 0 rings (SSSR count). The molecule has 0 aromatic heterocycles. The van der Waals surface area contributed by atoms with Crippen LogP contribution in [0.25, 0.3) is 0 Å². The number of carbonyl (C=O) groups is 2. The summed E-state index contributed by atoms with van der Waals surface area (Å²) in [5.74, 6) is -0.451. The van der Waals surface area contributed by atoms with Gasteiger partial charge in [0.1, 0.15) is 6.10 Å². The average molecular weight is 850 g/mol. The number of rotatable bonds is 50. The van der Waals surface area contributed by atoms with E-state index in [1.807, 2.05) is 0 Å². The minimum Gasteiger partial charge on any atom is -0.462 e. The van der Waals surface area contributed by atoms with Crippen molar-refractivity contribution >= 4 is 11.9 Å². The van der Waals surface area contributed by atoms with Crippen molar-refractivity contribution in [3.8, 4) is 0 Å². The molecule has 6 heteroatoms. The molecule has 0 aliphatic heterocycles. The van der Waals surface area contributed by atoms with Crippen LogP contribution >= 0.6 is 0 Å². The molecule has 0 saturated heterocycles. The minimum atomic E-state index is -0.779. The monoisotopic (exact) mass is 850 g/mol. The Kier molecular flexibility index (Phi) is 48.0. The van der Waals surface area contributed by atoms with E-state index >= 15 is 0 Å². The number of aliphatic hydroxyl groups excluding tert-OH is 2. The Morgan fingerprint density at radius 1 is 0.417 bits per heavy atom. The smallest absolute Gasteiger partial charge is 0.306 e. The molecule has 358 valence electrons. The Morgan fingerprint density at radius 3 is 1.02 bits per heavy atom. The Balaban J connectivity index is 4.36. The molecule has 3 atom stereocenters. The van der Waals surface area contributed by atoms with Crippen molar-refractivity contribution in [1.29, 1.82) is 0 Å². The number of esters is 1. The lowest BCUT2D eigenvalue weighted by molar-refractivity contribution is -0.151. The molecule has 0 radical (unpaired) electrons. The predicted octanol–water partition coefficient (Wildman–Crippen LogP) is 16.4. The normalized spacial score (nSPS) is 13.1. The standard InChI is InChI=1S/C54H107NO5/c1-4-7-10-13-16-19-21-23-25-26-28-30-32-35-38-41-44-47-54(59)60-50(45-42-39-36-33-18-15-12-9-6-3)48-53(58)55-51(49-56)52(57)46-43-40-37-34-31-29-27-24-22-20-17-14-11-8-5-2/h50-52,56-57H,4-49H2,1-3H3,(H,55,58). The minimum absolute atomic E-state index is 0.0873. The Labute approximate surface area is 375 Å². The van der Waals surface area contributed by atoms with E-state index in [4.69, 9.17) is 4.74 Å². The zero-order chi connectivity index (χ0) is 43.8. The topological polar surface area (TPSA) is 95.9 Å². The molecule has 3 N–H and O–H groups in total. The van der Waals surface area contributed by atoms with Crippen LogP contribution in [0.4, 0.5) is 0 Å². The number of aliphatic hydroxyl groups is 2. The van der Waals surface area contributed by atoms with Crippen molar-refractivity contribution in [3.63, 3.8) is 0 Å². The Hall–Kier alpha value is -1.14. The number of amides is 1. The van der Waals surface area contributed by atoms with Crippen LogP contribution in [-0.4, -0.2) is 46.9 Å². The van der Waals surface area contributed by atoms with Crippen LogP contribution in [0.1, 0.15) is 310 Å². The second kappa shape index (κ2) is 48.9. The molecule has 0 heterocycles. The highest BCUT2D eigenvalue weighted by molar-refractivity contribution is 5.77. The first-order chi connectivity index (χ1) is 29.5. The number of hydrogen-bond acceptors (Lipinski definition) is 5. The fraction of sp³-hybridized carbons (Fsp3) is 0.963. The summed E-state index contributed by atoms with van der Waals surface area (Å²) in [6, 6.07) is -0.692. The van der Waals surface area contributed by atoms with Gasteiger partial charge in [-0.15, -0.1) is 0 Å². The van der Waals surface area contributed by atoms with Gasteiger partial charge in [0.2, 0.25) is 5.91 Å². The van der Waals surface area contributed by atoms with Gasteiger partial charge in [0, 0.05) is 6.42 Å². The summed E-state index contributed by atoms with van der Waals surface area (Å²) in [5, 5.41) is 23.8. The zero-order valence-electron chi connectivity index (χ0n) is 40.9. The van der Waals surface area contributed by atoms with E-state index in [1.165, 1.54) is 225 Å². The van der Waals surface area contributed by atoms with Crippen molar-refractivity contribution in [2.45, 2.75) is 328 Å². The fourth-order valence-corrected chi connectivity index (χ4v) is 8.79. The second-order valence-electron chi connectivity index (χ2n) is 19.0. The van der Waals surface area contributed by atoms with E-state index < -0.39 is 18.2 Å². The van der Waals surface area contributed by atoms with Crippen molar-refractivity contribution in [2.75, 3.05) is 6.61 Å². The van der Waals surface area contributed by atoms with E-state index in [9.17, 15) is 19.8 Å². The van der Waals surface area contributed by atoms with E-state index in [0.29, 0.717) is 19.3 Å². The maximum absolute atomic E-state index is 13.2. The van der Waals surface area contributed by atoms with E-state index in [1.54, 1.807) is 0 Å². The average Bonchev–Trinajstić information content (AvgIpc) is 3.24. The molecule has 0 aromatic carbocycles. The Morgan fingerprint density at radius 2 is 0.700 bits per heavy atom. The lowest BCUT2D eigenvalue weighted by Crippen LogP contribution is -2.46. The van der Waals surface area contributed by atoms with Gasteiger partial charge in [-0.25, -0.2) is 0 Å². The van der Waals surface area contributed by atoms with Crippen molar-refractivity contribution in [2.24, 2.45) is 0 Å². The van der Waals surface area contributed by atoms with E-state index in [0.717, 1.165) is 38.5 Å². The summed E-state index contributed by atoms with van der Waals surface area (Å²) in [5.41, 5.74) is 0. The van der Waals surface area contributed by atoms with E-state index in [-0.39, 0.29) is 24.9 Å². The third kappa shape index (κ3) is 43.5. The molecule has 0 aromatic rings. The molecule has 0 spiro atoms. The van der Waals surface area contributed by atoms with Crippen LogP contribution in [0.15, 0.2) is 0 Å². The highest BCUT2D eigenvalue weighted by Gasteiger charge is 2.24. The largest absolute Gasteiger partial charge is 0.462 e. The number of hydrogen-bond donors (Lipinski definition) is 3. The van der Waals surface area contributed by atoms with Gasteiger partial charge in [-0.3, -0.25) is 9.59 Å². The van der Waals surface area contributed by atoms with Crippen LogP contribution in [0, 0.1) is 0 Å². The van der Waals surface area contributed by atoms with Crippen LogP contribution < -0.4 is 5.32 Å². The summed E-state index contributed by atoms with van der Waals surface area (Å²) < 4.78 is 5.93. The van der Waals surface area contributed by atoms with E-state index in [2.05, 4.69) is 26.1 Å². The van der Waals surface area contributed by atoms with Gasteiger partial charge >= 0.3 is 5.97 Å². The molecular weight excluding hydrogens is 743 g/mol. The van der Waals surface area contributed by atoms with Crippen LogP contribution in [0.3, 0.4) is 0 Å². The first-order valence-corrected chi connectivity index (χ1v) is 27.3. The first kappa shape index (κ1) is 58.9. The van der Waals surface area contributed by atoms with Gasteiger partial charge in [0.05, 0.1) is 25.2 Å². The van der Waals surface area contributed by atoms with Crippen molar-refractivity contribution in [3.05, 3.63) is 0 Å². The van der Waals surface area contributed by atoms with Crippen LogP contribution in [0.5, 0.6) is 0 Å². The van der Waals surface area contributed by atoms with Crippen molar-refractivity contribution < 1.29 is 24.5 Å². The highest BCUT2D eigenvalue weighted by Crippen LogP contribution is 2.19. The SMILES string of the molecule is CCCCCCCCCCCCCCCCCCCC(=O)OC(CCCCCCCCCCC)CC(=O)NC(CO)C(O)CCCCCCCCCCCCCCCCC. The molecule has 1 amide bonds. The number of ether oxygens (including phenoxy) is 1. The Bertz CT molecular complexity index is 867. The van der Waals surface area contributed by atoms with Gasteiger partial charge in [0.15, 0.2) is 0 Å². The second-order valence-corrected chi connectivity index (χ2v) is 19.0. The maximum Gasteiger partial charge on any atom is 0.306 e. The van der Waals surface area contributed by atoms with Gasteiger partial charge in [-0.2, -0.15) is 0 Å². The number of carbonyl (C=O) groups excluding carboxylic acids is 2. The van der Waals surface area contributed by atoms with Gasteiger partial charge in [-0.05, 0) is 25.7 Å². The van der Waals surface area contributed by atoms with Gasteiger partial charge < -0.3 is 20.3 Å². The molecule has 60 heavy (non-hydrogen) atoms. The number of nitrogens with one attached hydrogen (secondary N) is 1. The number of unbranched alkanes of at least 4 members (excludes halogenated alkanes) is 38. The quantitative estimate of drug-likeness (QED) is 0.0419. The summed E-state index contributed by atoms with van der Waals surface area (Å²) in [6.45, 7) is 6.51. The highest BCUT2D eigenvalue weighted by atomic mass is 16.5. The first-order valence-electron chi connectivity index (χ1n) is 27.3. The summed E-state index contributed by atoms with van der Waals surface area (Å²) >= 11 is 0. The molecule has 0 saturated carbocycles. The molecule has 0 aliphatic carbocycles. The molecule has 3 unspecified atom stereocenters. The molecular formula is C54H107NO5. The zero-order valence-corrected chi connectivity index (χ0v) is 40.9. The summed E-state index contributed by atoms with van der Waals surface area (Å²) in [7, 11) is 0. The third-order valence-corrected chi connectivity index (χ3v) is 12.9. The lowest BCUT2D eigenvalue weighted by Gasteiger charge is -2.24. The lowest BCUT2D eigenvalue weighted by atomic mass is 10.0. The fourth-order valence-electron chi connectivity index (χ4n) is 8.79. The molecule has 6 nitrogen and oxygen atoms in total. The van der Waals surface area contributed by atoms with Crippen molar-refractivity contribution in [1.82, 2.24) is 5.32 Å². The third-order valence-electron chi connectivity index (χ3n) is 12.9. The molecule has 0 fully saturated rings. The predicted molar refractivity (Wildman–Crippen MR) is 260 cm³/mol. The van der Waals surface area contributed by atoms with Gasteiger partial charge in [-0.1, -0.05) is 271 Å². The summed E-state index contributed by atoms with van der Waals surface area (Å²) in [6.07, 6.45) is 53.1. The maximum atomic E-state index is 13.2. The van der Waals surface area contributed by atoms with Crippen LogP contribution in [0.2, 0.25) is 0 Å².